The van der Waals surface area contributed by atoms with Gasteiger partial charge in [0.05, 0.1) is 0 Å². The number of rotatable bonds is 64. The molecular formula is C70H132O6. The fourth-order valence-corrected chi connectivity index (χ4v) is 10.5. The van der Waals surface area contributed by atoms with E-state index < -0.39 is 6.10 Å². The van der Waals surface area contributed by atoms with Crippen molar-refractivity contribution >= 4 is 17.9 Å². The third kappa shape index (κ3) is 62.7. The zero-order chi connectivity index (χ0) is 55.0. The van der Waals surface area contributed by atoms with Gasteiger partial charge in [-0.2, -0.15) is 0 Å². The highest BCUT2D eigenvalue weighted by Crippen LogP contribution is 2.18. The van der Waals surface area contributed by atoms with E-state index in [4.69, 9.17) is 14.2 Å². The summed E-state index contributed by atoms with van der Waals surface area (Å²) in [4.78, 5) is 38.4. The molecular weight excluding hydrogens is 937 g/mol. The summed E-state index contributed by atoms with van der Waals surface area (Å²) in [5.74, 6) is -0.839. The van der Waals surface area contributed by atoms with Crippen LogP contribution in [0.25, 0.3) is 0 Å². The Kier molecular flexibility index (Phi) is 63.6. The van der Waals surface area contributed by atoms with Gasteiger partial charge in [0.1, 0.15) is 13.2 Å². The van der Waals surface area contributed by atoms with Crippen molar-refractivity contribution in [2.45, 2.75) is 393 Å². The third-order valence-electron chi connectivity index (χ3n) is 15.7. The molecule has 0 aliphatic rings. The molecule has 6 heteroatoms. The normalized spacial score (nSPS) is 12.1. The first kappa shape index (κ1) is 73.9. The Hall–Kier alpha value is -2.11. The van der Waals surface area contributed by atoms with Crippen molar-refractivity contribution in [2.75, 3.05) is 13.2 Å². The van der Waals surface area contributed by atoms with Crippen LogP contribution in [0, 0.1) is 0 Å². The van der Waals surface area contributed by atoms with Gasteiger partial charge in [-0.1, -0.05) is 340 Å². The first-order chi connectivity index (χ1) is 37.5. The number of ether oxygens (including phenoxy) is 3. The lowest BCUT2D eigenvalue weighted by Gasteiger charge is -2.18. The lowest BCUT2D eigenvalue weighted by atomic mass is 10.0. The summed E-state index contributed by atoms with van der Waals surface area (Å²) in [5, 5.41) is 0. The van der Waals surface area contributed by atoms with Crippen LogP contribution in [0.15, 0.2) is 24.3 Å². The van der Waals surface area contributed by atoms with Crippen LogP contribution in [0.5, 0.6) is 0 Å². The minimum Gasteiger partial charge on any atom is -0.462 e. The smallest absolute Gasteiger partial charge is 0.306 e. The molecule has 0 aliphatic heterocycles. The molecule has 0 radical (unpaired) electrons. The van der Waals surface area contributed by atoms with Crippen LogP contribution in [0.4, 0.5) is 0 Å². The van der Waals surface area contributed by atoms with E-state index in [1.807, 2.05) is 0 Å². The number of carbonyl (C=O) groups is 3. The zero-order valence-electron chi connectivity index (χ0n) is 51.6. The summed E-state index contributed by atoms with van der Waals surface area (Å²) in [5.41, 5.74) is 0. The van der Waals surface area contributed by atoms with Gasteiger partial charge >= 0.3 is 17.9 Å². The number of hydrogen-bond acceptors (Lipinski definition) is 6. The third-order valence-corrected chi connectivity index (χ3v) is 15.7. The van der Waals surface area contributed by atoms with Gasteiger partial charge in [-0.15, -0.1) is 0 Å². The predicted molar refractivity (Wildman–Crippen MR) is 330 cm³/mol. The highest BCUT2D eigenvalue weighted by atomic mass is 16.6. The Labute approximate surface area is 474 Å². The second kappa shape index (κ2) is 65.4. The van der Waals surface area contributed by atoms with Crippen molar-refractivity contribution < 1.29 is 28.6 Å². The molecule has 0 saturated heterocycles. The fourth-order valence-electron chi connectivity index (χ4n) is 10.5. The van der Waals surface area contributed by atoms with E-state index in [1.54, 1.807) is 0 Å². The van der Waals surface area contributed by atoms with Crippen LogP contribution >= 0.6 is 0 Å². The van der Waals surface area contributed by atoms with Crippen LogP contribution in [0.1, 0.15) is 387 Å². The van der Waals surface area contributed by atoms with Gasteiger partial charge in [0.25, 0.3) is 0 Å². The number of hydrogen-bond donors (Lipinski definition) is 0. The highest BCUT2D eigenvalue weighted by molar-refractivity contribution is 5.71. The minimum absolute atomic E-state index is 0.0665. The van der Waals surface area contributed by atoms with E-state index in [0.29, 0.717) is 19.3 Å². The maximum absolute atomic E-state index is 12.9. The van der Waals surface area contributed by atoms with Gasteiger partial charge in [-0.05, 0) is 51.4 Å². The summed E-state index contributed by atoms with van der Waals surface area (Å²) in [7, 11) is 0. The maximum atomic E-state index is 12.9. The van der Waals surface area contributed by atoms with Gasteiger partial charge in [0, 0.05) is 19.3 Å². The molecule has 0 saturated carbocycles. The summed E-state index contributed by atoms with van der Waals surface area (Å²) in [6.07, 6.45) is 79.1. The number of carbonyl (C=O) groups excluding carboxylic acids is 3. The molecule has 76 heavy (non-hydrogen) atoms. The molecule has 0 aromatic heterocycles. The van der Waals surface area contributed by atoms with E-state index in [2.05, 4.69) is 45.1 Å². The van der Waals surface area contributed by atoms with Gasteiger partial charge in [0.2, 0.25) is 0 Å². The van der Waals surface area contributed by atoms with E-state index >= 15 is 0 Å². The van der Waals surface area contributed by atoms with Crippen molar-refractivity contribution in [2.24, 2.45) is 0 Å². The molecule has 0 amide bonds. The van der Waals surface area contributed by atoms with Crippen molar-refractivity contribution in [3.63, 3.8) is 0 Å². The van der Waals surface area contributed by atoms with Gasteiger partial charge in [-0.3, -0.25) is 14.4 Å². The minimum atomic E-state index is -0.770. The topological polar surface area (TPSA) is 78.9 Å². The van der Waals surface area contributed by atoms with Crippen LogP contribution in [0.2, 0.25) is 0 Å². The number of allylic oxidation sites excluding steroid dienone is 4. The van der Waals surface area contributed by atoms with Crippen LogP contribution < -0.4 is 0 Å². The SMILES string of the molecule is CCCCCCC/C=C\C/C=C\CCCCCCCCCCCC(=O)OC(COC(=O)CCCCCCCCCCCCCCCC)COC(=O)CCCCCCCCCCCCCCCCCCCCCCCCC. The quantitative estimate of drug-likeness (QED) is 0.0261. The first-order valence-electron chi connectivity index (χ1n) is 34.3. The van der Waals surface area contributed by atoms with E-state index in [-0.39, 0.29) is 31.1 Å². The number of unbranched alkanes of at least 4 members (excludes halogenated alkanes) is 49. The molecule has 0 N–H and O–H groups in total. The molecule has 0 fully saturated rings. The molecule has 0 heterocycles. The first-order valence-corrected chi connectivity index (χ1v) is 34.3. The lowest BCUT2D eigenvalue weighted by molar-refractivity contribution is -0.167. The van der Waals surface area contributed by atoms with Gasteiger partial charge in [-0.25, -0.2) is 0 Å². The Morgan fingerprint density at radius 1 is 0.263 bits per heavy atom. The van der Waals surface area contributed by atoms with Crippen LogP contribution in [-0.2, 0) is 28.6 Å². The monoisotopic (exact) mass is 1070 g/mol. The molecule has 448 valence electrons. The summed E-state index contributed by atoms with van der Waals surface area (Å²) >= 11 is 0. The van der Waals surface area contributed by atoms with Crippen molar-refractivity contribution in [3.05, 3.63) is 24.3 Å². The highest BCUT2D eigenvalue weighted by Gasteiger charge is 2.19. The summed E-state index contributed by atoms with van der Waals surface area (Å²) < 4.78 is 17.0. The van der Waals surface area contributed by atoms with E-state index in [0.717, 1.165) is 64.2 Å². The molecule has 0 aliphatic carbocycles. The van der Waals surface area contributed by atoms with E-state index in [9.17, 15) is 14.4 Å². The molecule has 0 rings (SSSR count). The standard InChI is InChI=1S/C70H132O6/c1-4-7-10-13-16-19-22-25-28-30-32-34-35-37-38-40-42-45-48-51-54-57-60-63-69(72)75-66-67(65-74-68(71)62-59-56-53-50-47-44-27-24-21-18-15-12-9-6-3)76-70(73)64-61-58-55-52-49-46-43-41-39-36-33-31-29-26-23-20-17-14-11-8-5-2/h23,26,31,33,67H,4-22,24-25,27-30,32,34-66H2,1-3H3/b26-23-,33-31-. The molecule has 0 aromatic carbocycles. The fraction of sp³-hybridized carbons (Fsp3) is 0.900. The Morgan fingerprint density at radius 2 is 0.474 bits per heavy atom. The lowest BCUT2D eigenvalue weighted by Crippen LogP contribution is -2.30. The second-order valence-corrected chi connectivity index (χ2v) is 23.5. The summed E-state index contributed by atoms with van der Waals surface area (Å²) in [6, 6.07) is 0. The molecule has 0 bridgehead atoms. The van der Waals surface area contributed by atoms with Crippen molar-refractivity contribution in [1.82, 2.24) is 0 Å². The predicted octanol–water partition coefficient (Wildman–Crippen LogP) is 23.4. The van der Waals surface area contributed by atoms with E-state index in [1.165, 1.54) is 283 Å². The van der Waals surface area contributed by atoms with Crippen LogP contribution in [-0.4, -0.2) is 37.2 Å². The Bertz CT molecular complexity index is 1230. The molecule has 1 atom stereocenters. The number of esters is 3. The van der Waals surface area contributed by atoms with Crippen LogP contribution in [0.3, 0.4) is 0 Å². The Balaban J connectivity index is 4.26. The van der Waals surface area contributed by atoms with Crippen molar-refractivity contribution in [3.8, 4) is 0 Å². The zero-order valence-corrected chi connectivity index (χ0v) is 51.6. The average molecular weight is 1070 g/mol. The van der Waals surface area contributed by atoms with Crippen molar-refractivity contribution in [1.29, 1.82) is 0 Å². The second-order valence-electron chi connectivity index (χ2n) is 23.5. The molecule has 6 nitrogen and oxygen atoms in total. The largest absolute Gasteiger partial charge is 0.462 e. The molecule has 0 spiro atoms. The summed E-state index contributed by atoms with van der Waals surface area (Å²) in [6.45, 7) is 6.71. The Morgan fingerprint density at radius 3 is 0.724 bits per heavy atom. The molecule has 0 aromatic rings. The molecule has 1 unspecified atom stereocenters. The maximum Gasteiger partial charge on any atom is 0.306 e. The van der Waals surface area contributed by atoms with Gasteiger partial charge < -0.3 is 14.2 Å². The average Bonchev–Trinajstić information content (AvgIpc) is 3.42. The van der Waals surface area contributed by atoms with Gasteiger partial charge in [0.15, 0.2) is 6.10 Å².